The average molecular weight is 358 g/mol. The summed E-state index contributed by atoms with van der Waals surface area (Å²) in [6.45, 7) is 4.16. The van der Waals surface area contributed by atoms with Gasteiger partial charge in [0.25, 0.3) is 5.91 Å². The van der Waals surface area contributed by atoms with Crippen LogP contribution in [0, 0.1) is 19.7 Å². The van der Waals surface area contributed by atoms with Gasteiger partial charge in [0.15, 0.2) is 5.82 Å². The van der Waals surface area contributed by atoms with E-state index >= 15 is 0 Å². The fraction of sp³-hybridized carbons (Fsp3) is 0.158. The van der Waals surface area contributed by atoms with E-state index in [1.807, 2.05) is 26.0 Å². The fourth-order valence-corrected chi connectivity index (χ4v) is 2.62. The van der Waals surface area contributed by atoms with Gasteiger partial charge in [0, 0.05) is 17.3 Å². The first-order chi connectivity index (χ1) is 11.9. The Balaban J connectivity index is 1.77. The van der Waals surface area contributed by atoms with Crippen LogP contribution in [0.4, 0.5) is 10.2 Å². The zero-order valence-corrected chi connectivity index (χ0v) is 14.6. The van der Waals surface area contributed by atoms with Crippen molar-refractivity contribution < 1.29 is 9.18 Å². The van der Waals surface area contributed by atoms with Crippen LogP contribution in [0.25, 0.3) is 0 Å². The first-order valence-electron chi connectivity index (χ1n) is 7.79. The van der Waals surface area contributed by atoms with E-state index in [0.29, 0.717) is 16.1 Å². The molecule has 0 radical (unpaired) electrons. The number of nitrogens with zero attached hydrogens (tertiary/aromatic N) is 2. The van der Waals surface area contributed by atoms with Gasteiger partial charge in [-0.05, 0) is 43.2 Å². The molecule has 0 aliphatic carbocycles. The van der Waals surface area contributed by atoms with Crippen molar-refractivity contribution in [2.45, 2.75) is 20.4 Å². The smallest absolute Gasteiger partial charge is 0.256 e. The number of carbonyl (C=O) groups is 1. The first-order valence-corrected chi connectivity index (χ1v) is 8.17. The molecule has 25 heavy (non-hydrogen) atoms. The van der Waals surface area contributed by atoms with Gasteiger partial charge in [-0.1, -0.05) is 35.9 Å². The van der Waals surface area contributed by atoms with E-state index in [1.54, 1.807) is 30.5 Å². The Morgan fingerprint density at radius 1 is 1.20 bits per heavy atom. The topological polar surface area (TPSA) is 46.9 Å². The lowest BCUT2D eigenvalue weighted by Gasteiger charge is -2.06. The van der Waals surface area contributed by atoms with Crippen LogP contribution in [0.2, 0.25) is 5.02 Å². The Morgan fingerprint density at radius 3 is 2.68 bits per heavy atom. The molecule has 0 bridgehead atoms. The Morgan fingerprint density at radius 2 is 1.96 bits per heavy atom. The predicted octanol–water partition coefficient (Wildman–Crippen LogP) is 4.59. The van der Waals surface area contributed by atoms with Gasteiger partial charge in [0.1, 0.15) is 10.8 Å². The summed E-state index contributed by atoms with van der Waals surface area (Å²) < 4.78 is 15.2. The van der Waals surface area contributed by atoms with Gasteiger partial charge in [0.05, 0.1) is 6.54 Å². The number of hydrogen-bond donors (Lipinski definition) is 1. The van der Waals surface area contributed by atoms with Crippen molar-refractivity contribution in [1.82, 2.24) is 9.78 Å². The van der Waals surface area contributed by atoms with Crippen LogP contribution in [0.5, 0.6) is 0 Å². The van der Waals surface area contributed by atoms with Crippen LogP contribution in [0.3, 0.4) is 0 Å². The predicted molar refractivity (Wildman–Crippen MR) is 96.6 cm³/mol. The number of halogens is 2. The summed E-state index contributed by atoms with van der Waals surface area (Å²) in [6, 6.07) is 11.9. The molecular weight excluding hydrogens is 341 g/mol. The van der Waals surface area contributed by atoms with Crippen molar-refractivity contribution in [3.63, 3.8) is 0 Å². The monoisotopic (exact) mass is 357 g/mol. The maximum absolute atomic E-state index is 13.7. The van der Waals surface area contributed by atoms with Gasteiger partial charge in [0.2, 0.25) is 0 Å². The molecule has 0 aliphatic rings. The molecule has 1 amide bonds. The van der Waals surface area contributed by atoms with Gasteiger partial charge >= 0.3 is 0 Å². The Labute approximate surface area is 150 Å². The second-order valence-corrected chi connectivity index (χ2v) is 6.27. The fourth-order valence-electron chi connectivity index (χ4n) is 2.43. The Bertz CT molecular complexity index is 936. The third kappa shape index (κ3) is 3.88. The van der Waals surface area contributed by atoms with Gasteiger partial charge in [-0.2, -0.15) is 5.10 Å². The first kappa shape index (κ1) is 17.2. The van der Waals surface area contributed by atoms with E-state index < -0.39 is 0 Å². The highest BCUT2D eigenvalue weighted by Gasteiger charge is 2.13. The van der Waals surface area contributed by atoms with E-state index in [2.05, 4.69) is 10.4 Å². The van der Waals surface area contributed by atoms with Crippen LogP contribution in [0.1, 0.15) is 27.0 Å². The van der Waals surface area contributed by atoms with Crippen LogP contribution < -0.4 is 5.32 Å². The third-order valence-electron chi connectivity index (χ3n) is 4.01. The van der Waals surface area contributed by atoms with Gasteiger partial charge in [-0.15, -0.1) is 0 Å². The number of rotatable bonds is 4. The van der Waals surface area contributed by atoms with Gasteiger partial charge in [-0.25, -0.2) is 4.39 Å². The van der Waals surface area contributed by atoms with Crippen LogP contribution in [-0.4, -0.2) is 15.7 Å². The third-order valence-corrected chi connectivity index (χ3v) is 4.28. The molecule has 3 aromatic rings. The molecular formula is C19H17ClFN3O. The van der Waals surface area contributed by atoms with Gasteiger partial charge in [-0.3, -0.25) is 9.48 Å². The lowest BCUT2D eigenvalue weighted by atomic mass is 10.1. The maximum atomic E-state index is 13.7. The molecule has 1 N–H and O–H groups in total. The SMILES string of the molecule is Cc1ccc(C(=O)Nc2nn(Cc3ccccc3F)cc2Cl)cc1C. The number of nitrogens with one attached hydrogen (secondary N) is 1. The molecule has 0 aliphatic heterocycles. The Kier molecular flexibility index (Phi) is 4.86. The molecule has 0 spiro atoms. The molecule has 0 saturated heterocycles. The van der Waals surface area contributed by atoms with E-state index in [0.717, 1.165) is 11.1 Å². The molecule has 2 aromatic carbocycles. The van der Waals surface area contributed by atoms with Crippen LogP contribution >= 0.6 is 11.6 Å². The quantitative estimate of drug-likeness (QED) is 0.742. The summed E-state index contributed by atoms with van der Waals surface area (Å²) in [5.41, 5.74) is 3.17. The number of aryl methyl sites for hydroxylation is 2. The summed E-state index contributed by atoms with van der Waals surface area (Å²) in [4.78, 5) is 12.4. The normalized spacial score (nSPS) is 10.7. The lowest BCUT2D eigenvalue weighted by Crippen LogP contribution is -2.13. The van der Waals surface area contributed by atoms with Crippen LogP contribution in [-0.2, 0) is 6.54 Å². The van der Waals surface area contributed by atoms with E-state index in [-0.39, 0.29) is 24.1 Å². The lowest BCUT2D eigenvalue weighted by molar-refractivity contribution is 0.102. The van der Waals surface area contributed by atoms with Crippen molar-refractivity contribution in [2.24, 2.45) is 0 Å². The van der Waals surface area contributed by atoms with Crippen LogP contribution in [0.15, 0.2) is 48.7 Å². The van der Waals surface area contributed by atoms with Crippen molar-refractivity contribution >= 4 is 23.3 Å². The van der Waals surface area contributed by atoms with E-state index in [1.165, 1.54) is 10.7 Å². The second kappa shape index (κ2) is 7.07. The van der Waals surface area contributed by atoms with Crippen molar-refractivity contribution in [3.8, 4) is 0 Å². The molecule has 1 heterocycles. The molecule has 0 fully saturated rings. The minimum absolute atomic E-state index is 0.228. The highest BCUT2D eigenvalue weighted by atomic mass is 35.5. The summed E-state index contributed by atoms with van der Waals surface area (Å²) in [5, 5.41) is 7.23. The second-order valence-electron chi connectivity index (χ2n) is 5.87. The number of hydrogen-bond acceptors (Lipinski definition) is 2. The number of benzene rings is 2. The van der Waals surface area contributed by atoms with Crippen molar-refractivity contribution in [1.29, 1.82) is 0 Å². The van der Waals surface area contributed by atoms with Crippen molar-refractivity contribution in [2.75, 3.05) is 5.32 Å². The number of amides is 1. The van der Waals surface area contributed by atoms with E-state index in [4.69, 9.17) is 11.6 Å². The molecule has 4 nitrogen and oxygen atoms in total. The van der Waals surface area contributed by atoms with E-state index in [9.17, 15) is 9.18 Å². The molecule has 1 aromatic heterocycles. The molecule has 0 atom stereocenters. The number of anilines is 1. The molecule has 3 rings (SSSR count). The highest BCUT2D eigenvalue weighted by molar-refractivity contribution is 6.33. The number of carbonyl (C=O) groups excluding carboxylic acids is 1. The largest absolute Gasteiger partial charge is 0.304 e. The number of aromatic nitrogens is 2. The molecule has 0 saturated carbocycles. The summed E-state index contributed by atoms with van der Waals surface area (Å²) in [7, 11) is 0. The standard InChI is InChI=1S/C19H17ClFN3O/c1-12-7-8-14(9-13(12)2)19(25)22-18-16(20)11-24(23-18)10-15-5-3-4-6-17(15)21/h3-9,11H,10H2,1-2H3,(H,22,23,25). The minimum Gasteiger partial charge on any atom is -0.304 e. The zero-order valence-electron chi connectivity index (χ0n) is 13.9. The Hall–Kier alpha value is -2.66. The molecule has 6 heteroatoms. The zero-order chi connectivity index (χ0) is 18.0. The average Bonchev–Trinajstić information content (AvgIpc) is 2.91. The highest BCUT2D eigenvalue weighted by Crippen LogP contribution is 2.21. The van der Waals surface area contributed by atoms with Crippen molar-refractivity contribution in [3.05, 3.63) is 81.8 Å². The minimum atomic E-state index is -0.310. The summed E-state index contributed by atoms with van der Waals surface area (Å²) in [6.07, 6.45) is 1.56. The maximum Gasteiger partial charge on any atom is 0.256 e. The molecule has 0 unspecified atom stereocenters. The summed E-state index contributed by atoms with van der Waals surface area (Å²) >= 11 is 6.15. The van der Waals surface area contributed by atoms with Gasteiger partial charge < -0.3 is 5.32 Å². The summed E-state index contributed by atoms with van der Waals surface area (Å²) in [5.74, 6) is -0.350. The molecule has 128 valence electrons.